The van der Waals surface area contributed by atoms with Crippen molar-refractivity contribution < 1.29 is 24.2 Å². The monoisotopic (exact) mass is 694 g/mol. The Hall–Kier alpha value is -1.14. The highest BCUT2D eigenvalue weighted by Gasteiger charge is 2.23. The van der Waals surface area contributed by atoms with Crippen molar-refractivity contribution in [1.82, 2.24) is 4.90 Å². The van der Waals surface area contributed by atoms with Crippen LogP contribution in [0, 0.1) is 5.92 Å². The first-order chi connectivity index (χ1) is 24.0. The second-order valence-electron chi connectivity index (χ2n) is 15.4. The lowest BCUT2D eigenvalue weighted by atomic mass is 9.84. The number of aliphatic hydroxyl groups excluding tert-OH is 1. The molecule has 0 aliphatic heterocycles. The van der Waals surface area contributed by atoms with Crippen molar-refractivity contribution >= 4 is 11.9 Å². The molecular formula is C43H83NO5. The second-order valence-corrected chi connectivity index (χ2v) is 15.4. The summed E-state index contributed by atoms with van der Waals surface area (Å²) >= 11 is 0. The van der Waals surface area contributed by atoms with Crippen molar-refractivity contribution in [1.29, 1.82) is 0 Å². The number of unbranched alkanes of at least 4 members (excludes halogenated alkanes) is 17. The average Bonchev–Trinajstić information content (AvgIpc) is 3.09. The third kappa shape index (κ3) is 28.2. The molecule has 0 aromatic carbocycles. The lowest BCUT2D eigenvalue weighted by Crippen LogP contribution is -2.29. The third-order valence-corrected chi connectivity index (χ3v) is 10.7. The molecular weight excluding hydrogens is 610 g/mol. The first-order valence-corrected chi connectivity index (χ1v) is 21.7. The fourth-order valence-corrected chi connectivity index (χ4v) is 7.49. The third-order valence-electron chi connectivity index (χ3n) is 10.7. The topological polar surface area (TPSA) is 76.1 Å². The number of ether oxygens (including phenoxy) is 2. The van der Waals surface area contributed by atoms with Gasteiger partial charge in [-0.25, -0.2) is 0 Å². The Morgan fingerprint density at radius 3 is 1.61 bits per heavy atom. The molecule has 1 rings (SSSR count). The maximum absolute atomic E-state index is 12.7. The van der Waals surface area contributed by atoms with E-state index in [1.165, 1.54) is 109 Å². The summed E-state index contributed by atoms with van der Waals surface area (Å²) < 4.78 is 11.8. The molecule has 1 aliphatic carbocycles. The molecule has 6 nitrogen and oxygen atoms in total. The van der Waals surface area contributed by atoms with E-state index < -0.39 is 0 Å². The number of carbonyl (C=O) groups is 2. The molecule has 0 radical (unpaired) electrons. The number of esters is 2. The van der Waals surface area contributed by atoms with Gasteiger partial charge in [-0.3, -0.25) is 9.59 Å². The van der Waals surface area contributed by atoms with Crippen LogP contribution in [0.15, 0.2) is 0 Å². The van der Waals surface area contributed by atoms with E-state index in [4.69, 9.17) is 9.47 Å². The molecule has 0 amide bonds. The number of rotatable bonds is 35. The van der Waals surface area contributed by atoms with E-state index in [0.717, 1.165) is 96.1 Å². The van der Waals surface area contributed by atoms with E-state index in [2.05, 4.69) is 25.7 Å². The second kappa shape index (κ2) is 34.0. The van der Waals surface area contributed by atoms with Crippen LogP contribution in [-0.2, 0) is 19.1 Å². The predicted octanol–water partition coefficient (Wildman–Crippen LogP) is 11.9. The maximum atomic E-state index is 12.7. The molecule has 1 atom stereocenters. The van der Waals surface area contributed by atoms with Crippen LogP contribution >= 0.6 is 0 Å². The van der Waals surface area contributed by atoms with Crippen molar-refractivity contribution in [3.05, 3.63) is 0 Å². The molecule has 1 unspecified atom stereocenters. The zero-order valence-electron chi connectivity index (χ0n) is 33.0. The van der Waals surface area contributed by atoms with E-state index in [-0.39, 0.29) is 30.8 Å². The summed E-state index contributed by atoms with van der Waals surface area (Å²) in [5.41, 5.74) is 0. The van der Waals surface area contributed by atoms with Crippen molar-refractivity contribution in [2.24, 2.45) is 5.92 Å². The lowest BCUT2D eigenvalue weighted by Gasteiger charge is -2.28. The van der Waals surface area contributed by atoms with Crippen LogP contribution in [0.2, 0.25) is 0 Å². The quantitative estimate of drug-likeness (QED) is 0.0526. The molecule has 0 bridgehead atoms. The molecule has 49 heavy (non-hydrogen) atoms. The van der Waals surface area contributed by atoms with Crippen LogP contribution in [0.1, 0.15) is 220 Å². The first kappa shape index (κ1) is 45.9. The normalized spacial score (nSPS) is 17.0. The van der Waals surface area contributed by atoms with Gasteiger partial charge in [0.05, 0.1) is 6.61 Å². The van der Waals surface area contributed by atoms with Gasteiger partial charge in [0.2, 0.25) is 0 Å². The van der Waals surface area contributed by atoms with Crippen molar-refractivity contribution in [2.45, 2.75) is 232 Å². The largest absolute Gasteiger partial charge is 0.462 e. The van der Waals surface area contributed by atoms with Gasteiger partial charge in [0.25, 0.3) is 0 Å². The molecule has 0 spiro atoms. The molecule has 1 fully saturated rings. The molecule has 0 aromatic rings. The van der Waals surface area contributed by atoms with Gasteiger partial charge in [0, 0.05) is 19.4 Å². The lowest BCUT2D eigenvalue weighted by molar-refractivity contribution is -0.151. The van der Waals surface area contributed by atoms with Crippen molar-refractivity contribution in [3.8, 4) is 0 Å². The minimum Gasteiger partial charge on any atom is -0.462 e. The van der Waals surface area contributed by atoms with Crippen LogP contribution in [0.4, 0.5) is 0 Å². The van der Waals surface area contributed by atoms with Gasteiger partial charge < -0.3 is 19.5 Å². The zero-order chi connectivity index (χ0) is 35.6. The molecule has 1 N–H and O–H groups in total. The molecule has 290 valence electrons. The summed E-state index contributed by atoms with van der Waals surface area (Å²) in [5, 5.41) is 9.55. The van der Waals surface area contributed by atoms with Crippen LogP contribution in [0.25, 0.3) is 0 Å². The smallest absolute Gasteiger partial charge is 0.306 e. The molecule has 0 heterocycles. The average molecular weight is 694 g/mol. The van der Waals surface area contributed by atoms with Crippen molar-refractivity contribution in [2.75, 3.05) is 26.2 Å². The first-order valence-electron chi connectivity index (χ1n) is 21.7. The fourth-order valence-electron chi connectivity index (χ4n) is 7.49. The Balaban J connectivity index is 2.12. The highest BCUT2D eigenvalue weighted by atomic mass is 16.5. The Labute approximate surface area is 304 Å². The van der Waals surface area contributed by atoms with Crippen LogP contribution in [0.3, 0.4) is 0 Å². The summed E-state index contributed by atoms with van der Waals surface area (Å²) in [7, 11) is 0. The number of hydrogen-bond acceptors (Lipinski definition) is 6. The van der Waals surface area contributed by atoms with E-state index in [0.29, 0.717) is 19.4 Å². The standard InChI is InChI=1S/C43H83NO5/c1-4-7-10-12-15-21-28-40(27-20-14-11-8-5-2)48-42(46)29-22-16-13-17-24-35-44(37-38-45)36-25-18-23-30-43(47)49-41-33-31-39(32-34-41)26-19-9-6-3/h39-41,45H,4-38H2,1-3H3. The predicted molar refractivity (Wildman–Crippen MR) is 207 cm³/mol. The van der Waals surface area contributed by atoms with Gasteiger partial charge in [-0.15, -0.1) is 0 Å². The Morgan fingerprint density at radius 1 is 0.571 bits per heavy atom. The fraction of sp³-hybridized carbons (Fsp3) is 0.953. The van der Waals surface area contributed by atoms with Gasteiger partial charge in [0.15, 0.2) is 0 Å². The summed E-state index contributed by atoms with van der Waals surface area (Å²) in [5.74, 6) is 0.833. The van der Waals surface area contributed by atoms with Gasteiger partial charge >= 0.3 is 11.9 Å². The minimum atomic E-state index is -0.0132. The summed E-state index contributed by atoms with van der Waals surface area (Å²) in [4.78, 5) is 27.4. The van der Waals surface area contributed by atoms with E-state index in [9.17, 15) is 14.7 Å². The summed E-state index contributed by atoms with van der Waals surface area (Å²) in [6, 6.07) is 0. The molecule has 0 aromatic heterocycles. The minimum absolute atomic E-state index is 0.00668. The molecule has 6 heteroatoms. The number of hydrogen-bond donors (Lipinski definition) is 1. The SMILES string of the molecule is CCCCCCCCC(CCCCCCC)OC(=O)CCCCCCCN(CCO)CCCCCC(=O)OC1CCC(CCCCC)CC1. The van der Waals surface area contributed by atoms with Crippen LogP contribution < -0.4 is 0 Å². The summed E-state index contributed by atoms with van der Waals surface area (Å²) in [6.45, 7) is 9.65. The number of carbonyl (C=O) groups excluding carboxylic acids is 2. The van der Waals surface area contributed by atoms with Gasteiger partial charge in [0.1, 0.15) is 12.2 Å². The van der Waals surface area contributed by atoms with Gasteiger partial charge in [-0.1, -0.05) is 130 Å². The van der Waals surface area contributed by atoms with Crippen LogP contribution in [0.5, 0.6) is 0 Å². The van der Waals surface area contributed by atoms with E-state index in [1.807, 2.05) is 0 Å². The maximum Gasteiger partial charge on any atom is 0.306 e. The Kier molecular flexibility index (Phi) is 31.8. The Bertz CT molecular complexity index is 738. The number of nitrogens with zero attached hydrogens (tertiary/aromatic N) is 1. The van der Waals surface area contributed by atoms with Crippen molar-refractivity contribution in [3.63, 3.8) is 0 Å². The molecule has 0 saturated heterocycles. The highest BCUT2D eigenvalue weighted by Crippen LogP contribution is 2.30. The summed E-state index contributed by atoms with van der Waals surface area (Å²) in [6.07, 6.45) is 35.6. The Morgan fingerprint density at radius 2 is 1.04 bits per heavy atom. The van der Waals surface area contributed by atoms with Crippen LogP contribution in [-0.4, -0.2) is 60.4 Å². The highest BCUT2D eigenvalue weighted by molar-refractivity contribution is 5.69. The number of aliphatic hydroxyl groups is 1. The van der Waals surface area contributed by atoms with E-state index in [1.54, 1.807) is 0 Å². The molecule has 1 aliphatic rings. The zero-order valence-corrected chi connectivity index (χ0v) is 33.0. The van der Waals surface area contributed by atoms with Gasteiger partial charge in [-0.2, -0.15) is 0 Å². The molecule has 1 saturated carbocycles. The van der Waals surface area contributed by atoms with Gasteiger partial charge in [-0.05, 0) is 96.1 Å². The van der Waals surface area contributed by atoms with E-state index >= 15 is 0 Å².